The number of imidazole rings is 1. The van der Waals surface area contributed by atoms with Crippen molar-refractivity contribution in [2.75, 3.05) is 19.8 Å². The summed E-state index contributed by atoms with van der Waals surface area (Å²) >= 11 is 0. The van der Waals surface area contributed by atoms with Crippen molar-refractivity contribution in [3.05, 3.63) is 18.2 Å². The number of carbonyl (C=O) groups is 1. The van der Waals surface area contributed by atoms with Gasteiger partial charge in [-0.3, -0.25) is 4.79 Å². The first-order valence-corrected chi connectivity index (χ1v) is 9.09. The number of hydrogen-bond donors (Lipinski definition) is 0. The highest BCUT2D eigenvalue weighted by Crippen LogP contribution is 2.24. The molecule has 1 aromatic rings. The minimum Gasteiger partial charge on any atom is -0.381 e. The fourth-order valence-electron chi connectivity index (χ4n) is 3.90. The molecule has 3 heterocycles. The summed E-state index contributed by atoms with van der Waals surface area (Å²) in [6.45, 7) is 5.63. The molecule has 3 rings (SSSR count). The molecule has 1 aromatic heterocycles. The van der Waals surface area contributed by atoms with Crippen molar-refractivity contribution in [3.63, 3.8) is 0 Å². The number of hydrogen-bond acceptors (Lipinski definition) is 3. The molecule has 5 heteroatoms. The molecule has 0 saturated carbocycles. The molecule has 2 saturated heterocycles. The Balaban J connectivity index is 1.45. The standard InChI is InChI=1S/C18H29N3O2/c1-15-19-9-11-20(15)14-17-5-3-10-21(17)18(22)6-2-4-16-7-12-23-13-8-16/h9,11,16-17H,2-8,10,12-14H2,1H3. The van der Waals surface area contributed by atoms with Crippen LogP contribution in [0, 0.1) is 12.8 Å². The number of rotatable bonds is 6. The summed E-state index contributed by atoms with van der Waals surface area (Å²) < 4.78 is 7.56. The first-order chi connectivity index (χ1) is 11.2. The van der Waals surface area contributed by atoms with Crippen LogP contribution < -0.4 is 0 Å². The zero-order valence-electron chi connectivity index (χ0n) is 14.2. The highest BCUT2D eigenvalue weighted by atomic mass is 16.5. The smallest absolute Gasteiger partial charge is 0.222 e. The lowest BCUT2D eigenvalue weighted by Gasteiger charge is -2.26. The summed E-state index contributed by atoms with van der Waals surface area (Å²) in [7, 11) is 0. The van der Waals surface area contributed by atoms with E-state index in [0.29, 0.717) is 18.4 Å². The Kier molecular flexibility index (Phi) is 5.70. The topological polar surface area (TPSA) is 47.4 Å². The monoisotopic (exact) mass is 319 g/mol. The Hall–Kier alpha value is -1.36. The van der Waals surface area contributed by atoms with Gasteiger partial charge in [-0.15, -0.1) is 0 Å². The molecule has 1 amide bonds. The lowest BCUT2D eigenvalue weighted by molar-refractivity contribution is -0.132. The van der Waals surface area contributed by atoms with Gasteiger partial charge in [-0.25, -0.2) is 4.98 Å². The Labute approximate surface area is 139 Å². The third-order valence-corrected chi connectivity index (χ3v) is 5.37. The molecular formula is C18H29N3O2. The second-order valence-electron chi connectivity index (χ2n) is 6.96. The summed E-state index contributed by atoms with van der Waals surface area (Å²) in [5.41, 5.74) is 0. The van der Waals surface area contributed by atoms with Crippen molar-refractivity contribution in [3.8, 4) is 0 Å². The Morgan fingerprint density at radius 2 is 2.17 bits per heavy atom. The van der Waals surface area contributed by atoms with Crippen molar-refractivity contribution in [2.24, 2.45) is 5.92 Å². The number of likely N-dealkylation sites (tertiary alicyclic amines) is 1. The molecule has 2 aliphatic rings. The molecule has 0 spiro atoms. The van der Waals surface area contributed by atoms with Gasteiger partial charge in [0.05, 0.1) is 0 Å². The van der Waals surface area contributed by atoms with E-state index in [1.54, 1.807) is 0 Å². The Morgan fingerprint density at radius 3 is 2.91 bits per heavy atom. The zero-order chi connectivity index (χ0) is 16.1. The van der Waals surface area contributed by atoms with Crippen LogP contribution in [0.2, 0.25) is 0 Å². The predicted molar refractivity (Wildman–Crippen MR) is 89.1 cm³/mol. The molecule has 2 fully saturated rings. The van der Waals surface area contributed by atoms with Gasteiger partial charge in [0.2, 0.25) is 5.91 Å². The van der Waals surface area contributed by atoms with Gasteiger partial charge in [0.25, 0.3) is 0 Å². The number of carbonyl (C=O) groups excluding carboxylic acids is 1. The number of aryl methyl sites for hydroxylation is 1. The molecule has 0 aliphatic carbocycles. The van der Waals surface area contributed by atoms with Crippen LogP contribution in [0.15, 0.2) is 12.4 Å². The molecule has 1 unspecified atom stereocenters. The predicted octanol–water partition coefficient (Wildman–Crippen LogP) is 2.78. The largest absolute Gasteiger partial charge is 0.381 e. The van der Waals surface area contributed by atoms with Gasteiger partial charge < -0.3 is 14.2 Å². The number of amides is 1. The van der Waals surface area contributed by atoms with E-state index in [9.17, 15) is 4.79 Å². The summed E-state index contributed by atoms with van der Waals surface area (Å²) in [6, 6.07) is 0.346. The average molecular weight is 319 g/mol. The average Bonchev–Trinajstić information content (AvgIpc) is 3.18. The van der Waals surface area contributed by atoms with E-state index < -0.39 is 0 Å². The van der Waals surface area contributed by atoms with Crippen LogP contribution in [-0.4, -0.2) is 46.2 Å². The maximum atomic E-state index is 12.6. The summed E-state index contributed by atoms with van der Waals surface area (Å²) in [6.07, 6.45) is 11.3. The van der Waals surface area contributed by atoms with Crippen molar-refractivity contribution in [1.82, 2.24) is 14.5 Å². The molecule has 0 aromatic carbocycles. The molecule has 0 radical (unpaired) electrons. The maximum absolute atomic E-state index is 12.6. The van der Waals surface area contributed by atoms with Crippen molar-refractivity contribution >= 4 is 5.91 Å². The van der Waals surface area contributed by atoms with E-state index in [1.807, 2.05) is 19.3 Å². The summed E-state index contributed by atoms with van der Waals surface area (Å²) in [4.78, 5) is 19.0. The second-order valence-corrected chi connectivity index (χ2v) is 6.96. The van der Waals surface area contributed by atoms with E-state index in [-0.39, 0.29) is 0 Å². The zero-order valence-corrected chi connectivity index (χ0v) is 14.2. The van der Waals surface area contributed by atoms with Crippen LogP contribution in [0.25, 0.3) is 0 Å². The van der Waals surface area contributed by atoms with Gasteiger partial charge in [0.15, 0.2) is 0 Å². The molecule has 23 heavy (non-hydrogen) atoms. The van der Waals surface area contributed by atoms with Gasteiger partial charge in [-0.1, -0.05) is 0 Å². The van der Waals surface area contributed by atoms with Gasteiger partial charge in [-0.05, 0) is 51.4 Å². The lowest BCUT2D eigenvalue weighted by Crippen LogP contribution is -2.38. The highest BCUT2D eigenvalue weighted by Gasteiger charge is 2.28. The normalized spacial score (nSPS) is 22.7. The fourth-order valence-corrected chi connectivity index (χ4v) is 3.90. The van der Waals surface area contributed by atoms with Crippen molar-refractivity contribution in [2.45, 2.75) is 64.5 Å². The fraction of sp³-hybridized carbons (Fsp3) is 0.778. The van der Waals surface area contributed by atoms with Gasteiger partial charge >= 0.3 is 0 Å². The second kappa shape index (κ2) is 7.95. The molecule has 0 bridgehead atoms. The van der Waals surface area contributed by atoms with E-state index in [0.717, 1.165) is 57.3 Å². The van der Waals surface area contributed by atoms with E-state index in [1.165, 1.54) is 19.3 Å². The first kappa shape index (κ1) is 16.5. The Morgan fingerprint density at radius 1 is 1.35 bits per heavy atom. The molecule has 1 atom stereocenters. The minimum atomic E-state index is 0.345. The lowest BCUT2D eigenvalue weighted by atomic mass is 9.94. The Bertz CT molecular complexity index is 508. The number of nitrogens with zero attached hydrogens (tertiary/aromatic N) is 3. The quantitative estimate of drug-likeness (QED) is 0.810. The molecule has 5 nitrogen and oxygen atoms in total. The van der Waals surface area contributed by atoms with Crippen molar-refractivity contribution in [1.29, 1.82) is 0 Å². The minimum absolute atomic E-state index is 0.345. The van der Waals surface area contributed by atoms with Gasteiger partial charge in [0, 0.05) is 51.2 Å². The highest BCUT2D eigenvalue weighted by molar-refractivity contribution is 5.76. The SMILES string of the molecule is Cc1nccn1CC1CCCN1C(=O)CCCC1CCOCC1. The maximum Gasteiger partial charge on any atom is 0.222 e. The summed E-state index contributed by atoms with van der Waals surface area (Å²) in [5.74, 6) is 2.14. The number of ether oxygens (including phenoxy) is 1. The molecule has 128 valence electrons. The van der Waals surface area contributed by atoms with Gasteiger partial charge in [0.1, 0.15) is 5.82 Å². The molecule has 0 N–H and O–H groups in total. The van der Waals surface area contributed by atoms with Gasteiger partial charge in [-0.2, -0.15) is 0 Å². The van der Waals surface area contributed by atoms with E-state index >= 15 is 0 Å². The van der Waals surface area contributed by atoms with Crippen molar-refractivity contribution < 1.29 is 9.53 Å². The van der Waals surface area contributed by atoms with Crippen LogP contribution in [0.5, 0.6) is 0 Å². The molecular weight excluding hydrogens is 290 g/mol. The van der Waals surface area contributed by atoms with Crippen LogP contribution in [0.1, 0.15) is 50.8 Å². The first-order valence-electron chi connectivity index (χ1n) is 9.09. The molecule has 2 aliphatic heterocycles. The van der Waals surface area contributed by atoms with Crippen LogP contribution >= 0.6 is 0 Å². The third-order valence-electron chi connectivity index (χ3n) is 5.37. The number of aromatic nitrogens is 2. The van der Waals surface area contributed by atoms with Crippen LogP contribution in [0.4, 0.5) is 0 Å². The van der Waals surface area contributed by atoms with E-state index in [4.69, 9.17) is 4.74 Å². The third kappa shape index (κ3) is 4.34. The van der Waals surface area contributed by atoms with Crippen LogP contribution in [0.3, 0.4) is 0 Å². The van der Waals surface area contributed by atoms with Crippen LogP contribution in [-0.2, 0) is 16.1 Å². The summed E-state index contributed by atoms with van der Waals surface area (Å²) in [5, 5.41) is 0. The van der Waals surface area contributed by atoms with E-state index in [2.05, 4.69) is 14.5 Å².